The molecule has 0 bridgehead atoms. The van der Waals surface area contributed by atoms with E-state index in [1.165, 1.54) is 22.4 Å². The molecular weight excluding hydrogens is 258 g/mol. The highest BCUT2D eigenvalue weighted by atomic mass is 15.3. The van der Waals surface area contributed by atoms with Gasteiger partial charge in [0.15, 0.2) is 0 Å². The highest BCUT2D eigenvalue weighted by Crippen LogP contribution is 2.22. The summed E-state index contributed by atoms with van der Waals surface area (Å²) < 4.78 is 1.94. The fraction of sp³-hybridized carbons (Fsp3) is 0.500. The first-order chi connectivity index (χ1) is 9.88. The van der Waals surface area contributed by atoms with Crippen LogP contribution in [-0.2, 0) is 19.9 Å². The van der Waals surface area contributed by atoms with Gasteiger partial charge in [-0.3, -0.25) is 4.68 Å². The van der Waals surface area contributed by atoms with Gasteiger partial charge in [0.05, 0.1) is 5.69 Å². The summed E-state index contributed by atoms with van der Waals surface area (Å²) in [5.74, 6) is 0.666. The smallest absolute Gasteiger partial charge is 0.0629 e. The molecule has 0 radical (unpaired) electrons. The van der Waals surface area contributed by atoms with Crippen molar-refractivity contribution < 1.29 is 0 Å². The second kappa shape index (κ2) is 6.44. The molecule has 0 aliphatic heterocycles. The maximum Gasteiger partial charge on any atom is 0.0629 e. The van der Waals surface area contributed by atoms with E-state index in [1.54, 1.807) is 0 Å². The molecule has 0 aliphatic rings. The Balaban J connectivity index is 2.18. The van der Waals surface area contributed by atoms with Gasteiger partial charge in [-0.25, -0.2) is 0 Å². The molecule has 0 aliphatic carbocycles. The summed E-state index contributed by atoms with van der Waals surface area (Å²) in [5, 5.41) is 4.48. The number of aryl methyl sites for hydroxylation is 2. The lowest BCUT2D eigenvalue weighted by atomic mass is 9.95. The lowest BCUT2D eigenvalue weighted by Gasteiger charge is -2.14. The number of nitrogens with two attached hydrogens (primary N) is 1. The van der Waals surface area contributed by atoms with Crippen molar-refractivity contribution in [1.29, 1.82) is 0 Å². The minimum Gasteiger partial charge on any atom is -0.324 e. The van der Waals surface area contributed by atoms with E-state index in [-0.39, 0.29) is 6.04 Å². The van der Waals surface area contributed by atoms with E-state index in [2.05, 4.69) is 57.1 Å². The molecular formula is C18H27N3. The van der Waals surface area contributed by atoms with Crippen LogP contribution in [0.1, 0.15) is 48.0 Å². The quantitative estimate of drug-likeness (QED) is 0.914. The summed E-state index contributed by atoms with van der Waals surface area (Å²) in [5.41, 5.74) is 12.6. The highest BCUT2D eigenvalue weighted by molar-refractivity contribution is 5.31. The van der Waals surface area contributed by atoms with Crippen molar-refractivity contribution in [2.24, 2.45) is 18.7 Å². The van der Waals surface area contributed by atoms with Crippen LogP contribution in [0, 0.1) is 19.8 Å². The number of hydrogen-bond acceptors (Lipinski definition) is 2. The minimum atomic E-state index is 0.0266. The predicted molar refractivity (Wildman–Crippen MR) is 88.3 cm³/mol. The van der Waals surface area contributed by atoms with Crippen molar-refractivity contribution >= 4 is 0 Å². The van der Waals surface area contributed by atoms with E-state index in [9.17, 15) is 0 Å². The molecule has 2 aromatic rings. The van der Waals surface area contributed by atoms with Crippen molar-refractivity contribution in [2.45, 2.75) is 46.6 Å². The first kappa shape index (κ1) is 15.8. The Morgan fingerprint density at radius 2 is 1.90 bits per heavy atom. The number of hydrogen-bond donors (Lipinski definition) is 1. The summed E-state index contributed by atoms with van der Waals surface area (Å²) in [6, 6.07) is 8.73. The molecule has 1 aromatic carbocycles. The average molecular weight is 285 g/mol. The van der Waals surface area contributed by atoms with E-state index in [0.29, 0.717) is 5.92 Å². The normalized spacial score (nSPS) is 12.9. The number of benzene rings is 1. The summed E-state index contributed by atoms with van der Waals surface area (Å²) in [6.45, 7) is 8.66. The molecule has 114 valence electrons. The van der Waals surface area contributed by atoms with Gasteiger partial charge >= 0.3 is 0 Å². The maximum atomic E-state index is 6.44. The second-order valence-corrected chi connectivity index (χ2v) is 6.43. The molecule has 0 spiro atoms. The first-order valence-electron chi connectivity index (χ1n) is 7.72. The Bertz CT molecular complexity index is 611. The van der Waals surface area contributed by atoms with Gasteiger partial charge in [-0.1, -0.05) is 38.1 Å². The zero-order valence-corrected chi connectivity index (χ0v) is 13.9. The molecule has 3 nitrogen and oxygen atoms in total. The third kappa shape index (κ3) is 3.73. The first-order valence-corrected chi connectivity index (χ1v) is 7.72. The van der Waals surface area contributed by atoms with Crippen molar-refractivity contribution in [1.82, 2.24) is 9.78 Å². The lowest BCUT2D eigenvalue weighted by molar-refractivity contribution is 0.644. The molecule has 1 unspecified atom stereocenters. The van der Waals surface area contributed by atoms with Gasteiger partial charge in [-0.15, -0.1) is 0 Å². The van der Waals surface area contributed by atoms with Gasteiger partial charge in [0, 0.05) is 18.8 Å². The maximum absolute atomic E-state index is 6.44. The van der Waals surface area contributed by atoms with Crippen LogP contribution in [0.25, 0.3) is 0 Å². The Kier molecular flexibility index (Phi) is 4.84. The lowest BCUT2D eigenvalue weighted by Crippen LogP contribution is -2.14. The van der Waals surface area contributed by atoms with Gasteiger partial charge in [0.1, 0.15) is 0 Å². The third-order valence-electron chi connectivity index (χ3n) is 4.11. The monoisotopic (exact) mass is 285 g/mol. The standard InChI is InChI=1S/C18H27N3/c1-12(2)9-15-7-6-8-16(10-15)18(19)11-17-13(3)20-21(5)14(17)4/h6-8,10,12,18H,9,11,19H2,1-5H3. The van der Waals surface area contributed by atoms with Gasteiger partial charge < -0.3 is 5.73 Å². The van der Waals surface area contributed by atoms with E-state index < -0.39 is 0 Å². The Hall–Kier alpha value is -1.61. The summed E-state index contributed by atoms with van der Waals surface area (Å²) in [6.07, 6.45) is 1.95. The molecule has 1 aromatic heterocycles. The second-order valence-electron chi connectivity index (χ2n) is 6.43. The topological polar surface area (TPSA) is 43.8 Å². The third-order valence-corrected chi connectivity index (χ3v) is 4.11. The van der Waals surface area contributed by atoms with E-state index in [0.717, 1.165) is 18.5 Å². The molecule has 0 saturated heterocycles. The van der Waals surface area contributed by atoms with Crippen LogP contribution in [0.5, 0.6) is 0 Å². The fourth-order valence-corrected chi connectivity index (χ4v) is 2.87. The number of nitrogens with zero attached hydrogens (tertiary/aromatic N) is 2. The van der Waals surface area contributed by atoms with Gasteiger partial charge in [-0.2, -0.15) is 5.10 Å². The molecule has 1 heterocycles. The summed E-state index contributed by atoms with van der Waals surface area (Å²) in [7, 11) is 1.99. The van der Waals surface area contributed by atoms with Crippen molar-refractivity contribution in [3.05, 3.63) is 52.3 Å². The zero-order valence-electron chi connectivity index (χ0n) is 13.9. The molecule has 21 heavy (non-hydrogen) atoms. The number of rotatable bonds is 5. The van der Waals surface area contributed by atoms with Crippen molar-refractivity contribution in [3.63, 3.8) is 0 Å². The summed E-state index contributed by atoms with van der Waals surface area (Å²) in [4.78, 5) is 0. The molecule has 0 fully saturated rings. The van der Waals surface area contributed by atoms with E-state index in [1.807, 2.05) is 11.7 Å². The molecule has 0 saturated carbocycles. The van der Waals surface area contributed by atoms with Crippen LogP contribution >= 0.6 is 0 Å². The Morgan fingerprint density at radius 1 is 1.19 bits per heavy atom. The molecule has 2 N–H and O–H groups in total. The van der Waals surface area contributed by atoms with Crippen LogP contribution in [-0.4, -0.2) is 9.78 Å². The Labute approximate surface area is 128 Å². The van der Waals surface area contributed by atoms with Crippen LogP contribution in [0.15, 0.2) is 24.3 Å². The average Bonchev–Trinajstić information content (AvgIpc) is 2.65. The van der Waals surface area contributed by atoms with Gasteiger partial charge in [0.25, 0.3) is 0 Å². The van der Waals surface area contributed by atoms with E-state index in [4.69, 9.17) is 5.73 Å². The molecule has 2 rings (SSSR count). The van der Waals surface area contributed by atoms with Crippen molar-refractivity contribution in [3.8, 4) is 0 Å². The zero-order chi connectivity index (χ0) is 15.6. The minimum absolute atomic E-state index is 0.0266. The van der Waals surface area contributed by atoms with Crippen LogP contribution in [0.3, 0.4) is 0 Å². The highest BCUT2D eigenvalue weighted by Gasteiger charge is 2.15. The Morgan fingerprint density at radius 3 is 2.48 bits per heavy atom. The predicted octanol–water partition coefficient (Wildman–Crippen LogP) is 3.48. The van der Waals surface area contributed by atoms with Crippen LogP contribution in [0.4, 0.5) is 0 Å². The van der Waals surface area contributed by atoms with E-state index >= 15 is 0 Å². The van der Waals surface area contributed by atoms with Gasteiger partial charge in [0.2, 0.25) is 0 Å². The van der Waals surface area contributed by atoms with Gasteiger partial charge in [-0.05, 0) is 49.3 Å². The molecule has 1 atom stereocenters. The molecule has 0 amide bonds. The SMILES string of the molecule is Cc1nn(C)c(C)c1CC(N)c1cccc(CC(C)C)c1. The number of aromatic nitrogens is 2. The van der Waals surface area contributed by atoms with Crippen LogP contribution < -0.4 is 5.73 Å². The fourth-order valence-electron chi connectivity index (χ4n) is 2.87. The molecule has 3 heteroatoms. The largest absolute Gasteiger partial charge is 0.324 e. The van der Waals surface area contributed by atoms with Crippen LogP contribution in [0.2, 0.25) is 0 Å². The van der Waals surface area contributed by atoms with Crippen molar-refractivity contribution in [2.75, 3.05) is 0 Å². The summed E-state index contributed by atoms with van der Waals surface area (Å²) >= 11 is 0.